The van der Waals surface area contributed by atoms with Gasteiger partial charge in [-0.25, -0.2) is 9.07 Å². The summed E-state index contributed by atoms with van der Waals surface area (Å²) in [6.45, 7) is 0.0820. The average Bonchev–Trinajstić information content (AvgIpc) is 3.07. The summed E-state index contributed by atoms with van der Waals surface area (Å²) in [6, 6.07) is 13.1. The highest BCUT2D eigenvalue weighted by Crippen LogP contribution is 2.33. The number of nitrogens with one attached hydrogen (secondary N) is 1. The van der Waals surface area contributed by atoms with Gasteiger partial charge in [-0.1, -0.05) is 30.3 Å². The van der Waals surface area contributed by atoms with Gasteiger partial charge in [0, 0.05) is 6.54 Å². The highest BCUT2D eigenvalue weighted by atomic mass is 19.4. The fourth-order valence-corrected chi connectivity index (χ4v) is 2.44. The van der Waals surface area contributed by atoms with E-state index in [-0.39, 0.29) is 12.2 Å². The van der Waals surface area contributed by atoms with Crippen LogP contribution in [0.1, 0.15) is 21.6 Å². The van der Waals surface area contributed by atoms with Crippen LogP contribution in [-0.4, -0.2) is 15.7 Å². The number of carbonyl (C=O) groups excluding carboxylic acids is 1. The van der Waals surface area contributed by atoms with Crippen molar-refractivity contribution in [1.82, 2.24) is 15.1 Å². The van der Waals surface area contributed by atoms with Crippen LogP contribution in [0.2, 0.25) is 0 Å². The molecule has 1 N–H and O–H groups in total. The standard InChI is InChI=1S/C18H13F4N3O/c19-13-6-8-14(9-7-13)25-16(18(20,21)22)15(11-24-25)17(26)23-10-12-4-2-1-3-5-12/h1-9,11H,10H2,(H,23,26). The van der Waals surface area contributed by atoms with Crippen LogP contribution < -0.4 is 5.32 Å². The molecule has 0 bridgehead atoms. The molecule has 3 aromatic rings. The first kappa shape index (κ1) is 17.7. The number of alkyl halides is 3. The Morgan fingerprint density at radius 1 is 1.04 bits per heavy atom. The zero-order valence-electron chi connectivity index (χ0n) is 13.3. The Balaban J connectivity index is 1.92. The largest absolute Gasteiger partial charge is 0.434 e. The van der Waals surface area contributed by atoms with E-state index in [9.17, 15) is 22.4 Å². The molecule has 0 aliphatic rings. The van der Waals surface area contributed by atoms with Gasteiger partial charge in [0.25, 0.3) is 5.91 Å². The first-order valence-electron chi connectivity index (χ1n) is 7.59. The van der Waals surface area contributed by atoms with E-state index in [1.165, 1.54) is 0 Å². The molecule has 0 saturated carbocycles. The van der Waals surface area contributed by atoms with Crippen LogP contribution in [0.25, 0.3) is 5.69 Å². The van der Waals surface area contributed by atoms with Crippen molar-refractivity contribution in [3.63, 3.8) is 0 Å². The number of nitrogens with zero attached hydrogens (tertiary/aromatic N) is 2. The quantitative estimate of drug-likeness (QED) is 0.714. The molecule has 0 spiro atoms. The maximum absolute atomic E-state index is 13.5. The molecule has 0 atom stereocenters. The smallest absolute Gasteiger partial charge is 0.348 e. The summed E-state index contributed by atoms with van der Waals surface area (Å²) >= 11 is 0. The van der Waals surface area contributed by atoms with E-state index in [4.69, 9.17) is 0 Å². The Kier molecular flexibility index (Phi) is 4.75. The fraction of sp³-hybridized carbons (Fsp3) is 0.111. The molecule has 134 valence electrons. The third kappa shape index (κ3) is 3.74. The van der Waals surface area contributed by atoms with Gasteiger partial charge in [0.05, 0.1) is 17.4 Å². The molecule has 1 amide bonds. The van der Waals surface area contributed by atoms with Crippen molar-refractivity contribution in [3.05, 3.63) is 83.4 Å². The number of benzene rings is 2. The zero-order valence-corrected chi connectivity index (χ0v) is 13.3. The summed E-state index contributed by atoms with van der Waals surface area (Å²) in [7, 11) is 0. The second kappa shape index (κ2) is 6.99. The van der Waals surface area contributed by atoms with Crippen molar-refractivity contribution < 1.29 is 22.4 Å². The SMILES string of the molecule is O=C(NCc1ccccc1)c1cnn(-c2ccc(F)cc2)c1C(F)(F)F. The lowest BCUT2D eigenvalue weighted by Crippen LogP contribution is -2.26. The average molecular weight is 363 g/mol. The number of amides is 1. The maximum atomic E-state index is 13.5. The molecule has 0 saturated heterocycles. The van der Waals surface area contributed by atoms with Gasteiger partial charge in [-0.2, -0.15) is 18.3 Å². The van der Waals surface area contributed by atoms with Crippen LogP contribution in [0.3, 0.4) is 0 Å². The molecular formula is C18H13F4N3O. The maximum Gasteiger partial charge on any atom is 0.434 e. The van der Waals surface area contributed by atoms with Gasteiger partial charge >= 0.3 is 6.18 Å². The number of halogens is 4. The third-order valence-electron chi connectivity index (χ3n) is 3.65. The summed E-state index contributed by atoms with van der Waals surface area (Å²) in [5, 5.41) is 6.12. The van der Waals surface area contributed by atoms with Crippen molar-refractivity contribution in [3.8, 4) is 5.69 Å². The van der Waals surface area contributed by atoms with Gasteiger partial charge < -0.3 is 5.32 Å². The van der Waals surface area contributed by atoms with Crippen molar-refractivity contribution >= 4 is 5.91 Å². The summed E-state index contributed by atoms with van der Waals surface area (Å²) in [4.78, 5) is 12.3. The van der Waals surface area contributed by atoms with E-state index < -0.39 is 29.2 Å². The molecule has 0 unspecified atom stereocenters. The Hall–Kier alpha value is -3.16. The Bertz CT molecular complexity index is 902. The number of hydrogen-bond donors (Lipinski definition) is 1. The molecule has 26 heavy (non-hydrogen) atoms. The monoisotopic (exact) mass is 363 g/mol. The Labute approximate surface area is 146 Å². The topological polar surface area (TPSA) is 46.9 Å². The highest BCUT2D eigenvalue weighted by Gasteiger charge is 2.40. The number of carbonyl (C=O) groups is 1. The van der Waals surface area contributed by atoms with E-state index in [0.29, 0.717) is 4.68 Å². The van der Waals surface area contributed by atoms with Gasteiger partial charge in [0.2, 0.25) is 0 Å². The second-order valence-corrected chi connectivity index (χ2v) is 5.46. The highest BCUT2D eigenvalue weighted by molar-refractivity contribution is 5.95. The zero-order chi connectivity index (χ0) is 18.7. The minimum absolute atomic E-state index is 0.000773. The predicted octanol–water partition coefficient (Wildman–Crippen LogP) is 3.96. The van der Waals surface area contributed by atoms with Crippen LogP contribution >= 0.6 is 0 Å². The van der Waals surface area contributed by atoms with Crippen molar-refractivity contribution in [1.29, 1.82) is 0 Å². The van der Waals surface area contributed by atoms with E-state index in [0.717, 1.165) is 36.0 Å². The number of rotatable bonds is 4. The molecule has 1 aromatic heterocycles. The Morgan fingerprint density at radius 3 is 2.31 bits per heavy atom. The van der Waals surface area contributed by atoms with Crippen molar-refractivity contribution in [2.75, 3.05) is 0 Å². The van der Waals surface area contributed by atoms with E-state index >= 15 is 0 Å². The van der Waals surface area contributed by atoms with Crippen molar-refractivity contribution in [2.45, 2.75) is 12.7 Å². The predicted molar refractivity (Wildman–Crippen MR) is 86.1 cm³/mol. The third-order valence-corrected chi connectivity index (χ3v) is 3.65. The lowest BCUT2D eigenvalue weighted by Gasteiger charge is -2.13. The number of aromatic nitrogens is 2. The van der Waals surface area contributed by atoms with Gasteiger partial charge in [-0.3, -0.25) is 4.79 Å². The van der Waals surface area contributed by atoms with Gasteiger partial charge in [-0.15, -0.1) is 0 Å². The van der Waals surface area contributed by atoms with E-state index in [2.05, 4.69) is 10.4 Å². The normalized spacial score (nSPS) is 11.4. The van der Waals surface area contributed by atoms with Crippen molar-refractivity contribution in [2.24, 2.45) is 0 Å². The molecule has 8 heteroatoms. The molecule has 0 fully saturated rings. The summed E-state index contributed by atoms with van der Waals surface area (Å²) in [5.41, 5.74) is -1.06. The molecule has 1 heterocycles. The van der Waals surface area contributed by atoms with E-state index in [1.807, 2.05) is 0 Å². The minimum atomic E-state index is -4.82. The molecule has 4 nitrogen and oxygen atoms in total. The number of hydrogen-bond acceptors (Lipinski definition) is 2. The lowest BCUT2D eigenvalue weighted by atomic mass is 10.2. The first-order chi connectivity index (χ1) is 12.4. The summed E-state index contributed by atoms with van der Waals surface area (Å²) in [6.07, 6.45) is -3.96. The molecule has 3 rings (SSSR count). The van der Waals surface area contributed by atoms with E-state index in [1.54, 1.807) is 30.3 Å². The van der Waals surface area contributed by atoms with Gasteiger partial charge in [0.15, 0.2) is 5.69 Å². The molecule has 2 aromatic carbocycles. The Morgan fingerprint density at radius 2 is 1.69 bits per heavy atom. The van der Waals surface area contributed by atoms with Gasteiger partial charge in [-0.05, 0) is 29.8 Å². The first-order valence-corrected chi connectivity index (χ1v) is 7.59. The molecule has 0 aliphatic carbocycles. The fourth-order valence-electron chi connectivity index (χ4n) is 2.44. The van der Waals surface area contributed by atoms with Crippen LogP contribution in [0.15, 0.2) is 60.8 Å². The summed E-state index contributed by atoms with van der Waals surface area (Å²) < 4.78 is 54.1. The minimum Gasteiger partial charge on any atom is -0.348 e. The van der Waals surface area contributed by atoms with Crippen LogP contribution in [0, 0.1) is 5.82 Å². The molecule has 0 aliphatic heterocycles. The molecular weight excluding hydrogens is 350 g/mol. The summed E-state index contributed by atoms with van der Waals surface area (Å²) in [5.74, 6) is -1.48. The van der Waals surface area contributed by atoms with Crippen LogP contribution in [0.4, 0.5) is 17.6 Å². The molecule has 0 radical (unpaired) electrons. The van der Waals surface area contributed by atoms with Crippen LogP contribution in [-0.2, 0) is 12.7 Å². The second-order valence-electron chi connectivity index (χ2n) is 5.46. The lowest BCUT2D eigenvalue weighted by molar-refractivity contribution is -0.143. The van der Waals surface area contributed by atoms with Gasteiger partial charge in [0.1, 0.15) is 5.82 Å². The van der Waals surface area contributed by atoms with Crippen LogP contribution in [0.5, 0.6) is 0 Å².